The van der Waals surface area contributed by atoms with Crippen molar-refractivity contribution in [1.82, 2.24) is 10.6 Å². The van der Waals surface area contributed by atoms with Crippen LogP contribution in [0.1, 0.15) is 29.8 Å². The van der Waals surface area contributed by atoms with Crippen molar-refractivity contribution in [2.24, 2.45) is 5.92 Å². The lowest BCUT2D eigenvalue weighted by atomic mass is 10.1. The van der Waals surface area contributed by atoms with E-state index < -0.39 is 0 Å². The molecule has 2 rings (SSSR count). The van der Waals surface area contributed by atoms with Crippen LogP contribution in [0.2, 0.25) is 5.02 Å². The molecular weight excluding hydrogens is 418 g/mol. The third-order valence-corrected chi connectivity index (χ3v) is 4.83. The second-order valence-electron chi connectivity index (χ2n) is 7.44. The predicted molar refractivity (Wildman–Crippen MR) is 123 cm³/mol. The summed E-state index contributed by atoms with van der Waals surface area (Å²) in [6, 6.07) is 10.7. The van der Waals surface area contributed by atoms with Crippen molar-refractivity contribution >= 4 is 29.1 Å². The van der Waals surface area contributed by atoms with Gasteiger partial charge in [0.2, 0.25) is 5.91 Å². The Morgan fingerprint density at radius 2 is 1.74 bits per heavy atom. The Morgan fingerprint density at radius 1 is 1.00 bits per heavy atom. The van der Waals surface area contributed by atoms with E-state index in [1.807, 2.05) is 32.0 Å². The number of methoxy groups -OCH3 is 2. The molecule has 0 aliphatic rings. The number of anilines is 1. The van der Waals surface area contributed by atoms with Crippen LogP contribution in [0.15, 0.2) is 36.4 Å². The van der Waals surface area contributed by atoms with Gasteiger partial charge in [0, 0.05) is 18.8 Å². The van der Waals surface area contributed by atoms with Crippen LogP contribution in [-0.2, 0) is 11.2 Å². The van der Waals surface area contributed by atoms with Crippen LogP contribution in [0.5, 0.6) is 11.5 Å². The van der Waals surface area contributed by atoms with Crippen LogP contribution in [0.3, 0.4) is 0 Å². The van der Waals surface area contributed by atoms with Gasteiger partial charge in [0.1, 0.15) is 0 Å². The van der Waals surface area contributed by atoms with Crippen molar-refractivity contribution in [3.05, 3.63) is 52.5 Å². The molecule has 0 unspecified atom stereocenters. The van der Waals surface area contributed by atoms with Gasteiger partial charge < -0.3 is 25.4 Å². The van der Waals surface area contributed by atoms with Gasteiger partial charge in [-0.25, -0.2) is 0 Å². The summed E-state index contributed by atoms with van der Waals surface area (Å²) in [5.41, 5.74) is 2.11. The van der Waals surface area contributed by atoms with Crippen molar-refractivity contribution in [3.8, 4) is 11.5 Å². The van der Waals surface area contributed by atoms with Crippen molar-refractivity contribution < 1.29 is 19.1 Å². The molecule has 31 heavy (non-hydrogen) atoms. The number of nitrogens with one attached hydrogen (secondary N) is 3. The van der Waals surface area contributed by atoms with Crippen LogP contribution in [0, 0.1) is 5.92 Å². The number of benzene rings is 2. The summed E-state index contributed by atoms with van der Waals surface area (Å²) < 4.78 is 10.5. The second kappa shape index (κ2) is 12.1. The number of hydrogen-bond donors (Lipinski definition) is 3. The zero-order valence-corrected chi connectivity index (χ0v) is 19.1. The molecule has 0 aromatic heterocycles. The van der Waals surface area contributed by atoms with E-state index in [0.29, 0.717) is 53.2 Å². The Hall–Kier alpha value is -2.93. The molecule has 0 saturated heterocycles. The SMILES string of the molecule is COc1ccc(CCNC(=O)CNc2ccc(C(=O)NCC(C)C)c(Cl)c2)cc1OC. The fourth-order valence-corrected chi connectivity index (χ4v) is 3.09. The molecule has 0 aliphatic heterocycles. The average molecular weight is 448 g/mol. The zero-order chi connectivity index (χ0) is 22.8. The molecule has 8 heteroatoms. The van der Waals surface area contributed by atoms with Crippen molar-refractivity contribution in [3.63, 3.8) is 0 Å². The van der Waals surface area contributed by atoms with Crippen LogP contribution >= 0.6 is 11.6 Å². The molecule has 168 valence electrons. The molecule has 7 nitrogen and oxygen atoms in total. The van der Waals surface area contributed by atoms with E-state index in [1.54, 1.807) is 32.4 Å². The average Bonchev–Trinajstić information content (AvgIpc) is 2.75. The molecule has 3 N–H and O–H groups in total. The highest BCUT2D eigenvalue weighted by atomic mass is 35.5. The predicted octanol–water partition coefficient (Wildman–Crippen LogP) is 3.51. The van der Waals surface area contributed by atoms with Gasteiger partial charge in [-0.05, 0) is 48.2 Å². The Morgan fingerprint density at radius 3 is 2.39 bits per heavy atom. The van der Waals surface area contributed by atoms with Gasteiger partial charge in [-0.2, -0.15) is 0 Å². The smallest absolute Gasteiger partial charge is 0.252 e. The normalized spacial score (nSPS) is 10.5. The molecule has 0 spiro atoms. The van der Waals surface area contributed by atoms with Crippen molar-refractivity contribution in [2.75, 3.05) is 39.2 Å². The molecule has 2 aromatic rings. The lowest BCUT2D eigenvalue weighted by Gasteiger charge is -2.12. The Balaban J connectivity index is 1.79. The number of hydrogen-bond acceptors (Lipinski definition) is 5. The van der Waals surface area contributed by atoms with E-state index in [9.17, 15) is 9.59 Å². The maximum absolute atomic E-state index is 12.2. The van der Waals surface area contributed by atoms with Crippen LogP contribution < -0.4 is 25.4 Å². The maximum Gasteiger partial charge on any atom is 0.252 e. The summed E-state index contributed by atoms with van der Waals surface area (Å²) in [5, 5.41) is 9.06. The molecule has 0 saturated carbocycles. The van der Waals surface area contributed by atoms with E-state index in [2.05, 4.69) is 16.0 Å². The van der Waals surface area contributed by atoms with Gasteiger partial charge in [0.25, 0.3) is 5.91 Å². The number of halogens is 1. The molecule has 0 heterocycles. The minimum Gasteiger partial charge on any atom is -0.493 e. The largest absolute Gasteiger partial charge is 0.493 e. The first kappa shape index (κ1) is 24.3. The second-order valence-corrected chi connectivity index (χ2v) is 7.85. The standard InChI is InChI=1S/C23H30ClN3O4/c1-15(2)13-27-23(29)18-7-6-17(12-19(18)24)26-14-22(28)25-10-9-16-5-8-20(30-3)21(11-16)31-4/h5-8,11-12,15,26H,9-10,13-14H2,1-4H3,(H,25,28)(H,27,29). The molecule has 0 bridgehead atoms. The monoisotopic (exact) mass is 447 g/mol. The minimum absolute atomic E-state index is 0.0984. The first-order chi connectivity index (χ1) is 14.8. The molecule has 0 atom stereocenters. The lowest BCUT2D eigenvalue weighted by Crippen LogP contribution is -2.31. The van der Waals surface area contributed by atoms with Crippen LogP contribution in [0.4, 0.5) is 5.69 Å². The van der Waals surface area contributed by atoms with Gasteiger partial charge in [-0.3, -0.25) is 9.59 Å². The van der Waals surface area contributed by atoms with E-state index in [1.165, 1.54) is 0 Å². The highest BCUT2D eigenvalue weighted by Gasteiger charge is 2.12. The fraction of sp³-hybridized carbons (Fsp3) is 0.391. The number of carbonyl (C=O) groups is 2. The molecule has 2 amide bonds. The molecule has 2 aromatic carbocycles. The first-order valence-electron chi connectivity index (χ1n) is 10.1. The summed E-state index contributed by atoms with van der Waals surface area (Å²) in [5.74, 6) is 1.33. The third-order valence-electron chi connectivity index (χ3n) is 4.52. The Kier molecular flexibility index (Phi) is 9.46. The van der Waals surface area contributed by atoms with Crippen molar-refractivity contribution in [2.45, 2.75) is 20.3 Å². The minimum atomic E-state index is -0.210. The van der Waals surface area contributed by atoms with E-state index in [0.717, 1.165) is 5.56 Å². The molecule has 0 fully saturated rings. The highest BCUT2D eigenvalue weighted by molar-refractivity contribution is 6.34. The van der Waals surface area contributed by atoms with Crippen LogP contribution in [0.25, 0.3) is 0 Å². The number of carbonyl (C=O) groups excluding carboxylic acids is 2. The summed E-state index contributed by atoms with van der Waals surface area (Å²) in [6.45, 7) is 5.22. The summed E-state index contributed by atoms with van der Waals surface area (Å²) in [6.07, 6.45) is 0.665. The summed E-state index contributed by atoms with van der Waals surface area (Å²) >= 11 is 6.23. The highest BCUT2D eigenvalue weighted by Crippen LogP contribution is 2.27. The maximum atomic E-state index is 12.2. The quantitative estimate of drug-likeness (QED) is 0.490. The van der Waals surface area contributed by atoms with Gasteiger partial charge in [0.15, 0.2) is 11.5 Å². The Bertz CT molecular complexity index is 902. The third kappa shape index (κ3) is 7.68. The van der Waals surface area contributed by atoms with Gasteiger partial charge in [-0.1, -0.05) is 31.5 Å². The van der Waals surface area contributed by atoms with Gasteiger partial charge in [0.05, 0.1) is 31.4 Å². The van der Waals surface area contributed by atoms with Crippen molar-refractivity contribution in [1.29, 1.82) is 0 Å². The van der Waals surface area contributed by atoms with E-state index >= 15 is 0 Å². The first-order valence-corrected chi connectivity index (χ1v) is 10.5. The van der Waals surface area contributed by atoms with Crippen LogP contribution in [-0.4, -0.2) is 45.7 Å². The van der Waals surface area contributed by atoms with E-state index in [4.69, 9.17) is 21.1 Å². The summed E-state index contributed by atoms with van der Waals surface area (Å²) in [4.78, 5) is 24.3. The summed E-state index contributed by atoms with van der Waals surface area (Å²) in [7, 11) is 3.18. The topological polar surface area (TPSA) is 88.7 Å². The Labute approximate surface area is 188 Å². The molecular formula is C23H30ClN3O4. The number of rotatable bonds is 11. The zero-order valence-electron chi connectivity index (χ0n) is 18.4. The molecule has 0 aliphatic carbocycles. The number of ether oxygens (including phenoxy) is 2. The fourth-order valence-electron chi connectivity index (χ4n) is 2.83. The lowest BCUT2D eigenvalue weighted by molar-refractivity contribution is -0.119. The molecule has 0 radical (unpaired) electrons. The van der Waals surface area contributed by atoms with E-state index in [-0.39, 0.29) is 18.4 Å². The van der Waals surface area contributed by atoms with Gasteiger partial charge >= 0.3 is 0 Å². The number of amides is 2. The van der Waals surface area contributed by atoms with Gasteiger partial charge in [-0.15, -0.1) is 0 Å².